The lowest BCUT2D eigenvalue weighted by molar-refractivity contribution is -0.155. The second-order valence-electron chi connectivity index (χ2n) is 40.7. The fourth-order valence-electron chi connectivity index (χ4n) is 19.0. The van der Waals surface area contributed by atoms with E-state index in [0.717, 1.165) is 46.2 Å². The molecule has 18 atom stereocenters. The molecule has 4 aromatic rings. The maximum absolute atomic E-state index is 14.8. The van der Waals surface area contributed by atoms with Gasteiger partial charge >= 0.3 is 29.8 Å². The zero-order chi connectivity index (χ0) is 103. The Morgan fingerprint density at radius 1 is 0.457 bits per heavy atom. The van der Waals surface area contributed by atoms with Crippen LogP contribution >= 0.6 is 0 Å². The van der Waals surface area contributed by atoms with E-state index < -0.39 is 114 Å². The SMILES string of the molecule is C.CC(C)[C@@H](C(=O)O)N(C)Cc1cccc(CC(=O)OC(C)(C)C)c1.CC[C@H](C)[C@@H]([C@@H](CC(=O)N1CCC[C@H]1[C@H](OC)[C@@H](C)C(=O)N[C@@H](Cc1ccccc1)C(=O)OC)OC)N(C)C(=O)[C@@H](CC(=O)[C@H](C(C)C)N(C)Cc1cccc(CC(=O)OC(C)(C)C)c1)C(C)C.CC[C@H](C)[C@@H]([C@@H](CC(=O)N1CCC[C@H]1[C@H](OC)[C@@H](C)C(=O)N[C@@H](Cc1ccccc1)C(=O)OC)OC)N(C)C(=O)[C@@H](N)C(C)C. The van der Waals surface area contributed by atoms with Crippen molar-refractivity contribution in [1.82, 2.24) is 40.0 Å². The Morgan fingerprint density at radius 3 is 1.12 bits per heavy atom. The van der Waals surface area contributed by atoms with Gasteiger partial charge in [-0.1, -0.05) is 226 Å². The van der Waals surface area contributed by atoms with Gasteiger partial charge in [0.25, 0.3) is 0 Å². The van der Waals surface area contributed by atoms with Crippen LogP contribution in [0, 0.1) is 53.3 Å². The average molecular weight is 1930 g/mol. The second kappa shape index (κ2) is 59.2. The van der Waals surface area contributed by atoms with Crippen molar-refractivity contribution < 1.29 is 101 Å². The normalized spacial score (nSPS) is 17.4. The van der Waals surface area contributed by atoms with Crippen molar-refractivity contribution in [1.29, 1.82) is 0 Å². The standard InChI is InChI=1S/C54H84N4O10.C34H56N4O7.C19H29NO4.CH4/c1-16-36(6)49(45(65-13)32-46(60)58-27-21-26-43(58)50(66-14)37(7)51(62)55-42(53(64)67-15)29-38-22-18-17-19-23-38)57(12)52(63)41(34(2)3)31-44(59)48(35(4)5)56(11)33-40-25-20-24-39(28-40)30-47(61)68-54(8,9)10;1-10-22(4)30(37(6)33(41)29(35)21(2)3)27(43-7)20-28(39)38-18-14-17-26(38)31(44-8)23(5)32(40)36-25(34(42)45-9)19-24-15-12-11-13-16-24;1-13(2)17(18(22)23)20(6)12-15-9-7-8-14(10-15)11-16(21)24-19(3,4)5;/h17-20,22-25,28,34-37,41-43,45,48-50H,16,21,26-27,29-33H2,1-15H3,(H,55,62);11-13,15-16,21-23,25-27,29-31H,10,14,17-20,35H2,1-9H3,(H,36,40);7-10,13,17H,11-12H2,1-6H3,(H,22,23);1H4/t36-,37+,41-,42-,43-,45+,48-,49-,50+;22-,23+,25-,26-,27+,29-,30-,31+;17-;/m000./s1. The van der Waals surface area contributed by atoms with Gasteiger partial charge in [-0.05, 0) is 150 Å². The van der Waals surface area contributed by atoms with Crippen LogP contribution < -0.4 is 16.4 Å². The molecule has 138 heavy (non-hydrogen) atoms. The number of aliphatic carboxylic acids is 1. The largest absolute Gasteiger partial charge is 0.480 e. The van der Waals surface area contributed by atoms with Crippen molar-refractivity contribution in [3.8, 4) is 0 Å². The molecule has 6 amide bonds. The van der Waals surface area contributed by atoms with Crippen LogP contribution in [0.15, 0.2) is 109 Å². The maximum atomic E-state index is 14.8. The van der Waals surface area contributed by atoms with E-state index in [0.29, 0.717) is 51.9 Å². The molecule has 0 aromatic heterocycles. The second-order valence-corrected chi connectivity index (χ2v) is 40.7. The summed E-state index contributed by atoms with van der Waals surface area (Å²) in [5.41, 5.74) is 10.5. The molecule has 0 radical (unpaired) electrons. The van der Waals surface area contributed by atoms with Gasteiger partial charge < -0.3 is 79.0 Å². The highest BCUT2D eigenvalue weighted by Crippen LogP contribution is 2.35. The van der Waals surface area contributed by atoms with Crippen LogP contribution in [0.3, 0.4) is 0 Å². The number of rotatable bonds is 50. The third kappa shape index (κ3) is 38.1. The number of methoxy groups -OCH3 is 6. The van der Waals surface area contributed by atoms with E-state index in [9.17, 15) is 62.6 Å². The van der Waals surface area contributed by atoms with Crippen molar-refractivity contribution >= 4 is 71.1 Å². The van der Waals surface area contributed by atoms with Crippen LogP contribution in [0.5, 0.6) is 0 Å². The van der Waals surface area contributed by atoms with E-state index in [1.165, 1.54) is 28.4 Å². The summed E-state index contributed by atoms with van der Waals surface area (Å²) in [6, 6.07) is 29.1. The first-order valence-electron chi connectivity index (χ1n) is 48.9. The zero-order valence-corrected chi connectivity index (χ0v) is 88.0. The third-order valence-corrected chi connectivity index (χ3v) is 26.4. The molecule has 0 bridgehead atoms. The van der Waals surface area contributed by atoms with E-state index in [1.807, 2.05) is 251 Å². The lowest BCUT2D eigenvalue weighted by Crippen LogP contribution is -2.56. The number of nitrogens with zero attached hydrogens (tertiary/aromatic N) is 6. The van der Waals surface area contributed by atoms with Crippen LogP contribution in [0.1, 0.15) is 237 Å². The number of ketones is 1. The summed E-state index contributed by atoms with van der Waals surface area (Å²) in [4.78, 5) is 170. The lowest BCUT2D eigenvalue weighted by atomic mass is 9.83. The first kappa shape index (κ1) is 123. The Balaban J connectivity index is 0.000000597. The van der Waals surface area contributed by atoms with Gasteiger partial charge in [0.2, 0.25) is 35.4 Å². The molecule has 0 saturated carbocycles. The molecule has 5 N–H and O–H groups in total. The summed E-state index contributed by atoms with van der Waals surface area (Å²) in [7, 11) is 16.0. The van der Waals surface area contributed by atoms with Crippen molar-refractivity contribution in [3.63, 3.8) is 0 Å². The van der Waals surface area contributed by atoms with Crippen LogP contribution in [0.2, 0.25) is 0 Å². The molecular formula is C108H173N9O21. The molecule has 0 aliphatic carbocycles. The number of likely N-dealkylation sites (tertiary alicyclic amines) is 2. The van der Waals surface area contributed by atoms with Gasteiger partial charge in [0.1, 0.15) is 29.3 Å². The summed E-state index contributed by atoms with van der Waals surface area (Å²) in [6.45, 7) is 40.3. The fraction of sp³-hybridized carbons (Fsp3) is 0.667. The zero-order valence-electron chi connectivity index (χ0n) is 88.0. The van der Waals surface area contributed by atoms with Crippen molar-refractivity contribution in [3.05, 3.63) is 143 Å². The molecular weight excluding hydrogens is 1760 g/mol. The monoisotopic (exact) mass is 1930 g/mol. The summed E-state index contributed by atoms with van der Waals surface area (Å²) >= 11 is 0. The fourth-order valence-corrected chi connectivity index (χ4v) is 19.0. The third-order valence-electron chi connectivity index (χ3n) is 26.4. The van der Waals surface area contributed by atoms with Crippen molar-refractivity contribution in [2.45, 2.75) is 332 Å². The molecule has 6 rings (SSSR count). The number of esters is 4. The molecule has 30 nitrogen and oxygen atoms in total. The minimum atomic E-state index is -0.907. The molecule has 0 spiro atoms. The van der Waals surface area contributed by atoms with E-state index in [-0.39, 0.29) is 153 Å². The number of likely N-dealkylation sites (N-methyl/N-ethyl adjacent to an activating group) is 4. The molecule has 0 unspecified atom stereocenters. The number of nitrogens with two attached hydrogens (primary N) is 1. The number of ether oxygens (including phenoxy) is 8. The van der Waals surface area contributed by atoms with Crippen molar-refractivity contribution in [2.24, 2.45) is 59.0 Å². The van der Waals surface area contributed by atoms with Gasteiger partial charge in [-0.25, -0.2) is 9.59 Å². The summed E-state index contributed by atoms with van der Waals surface area (Å²) in [5.74, 6) is -6.15. The average Bonchev–Trinajstić information content (AvgIpc) is 1.57. The number of hydrogen-bond donors (Lipinski definition) is 4. The molecule has 2 fully saturated rings. The van der Waals surface area contributed by atoms with E-state index in [4.69, 9.17) is 43.6 Å². The molecule has 30 heteroatoms. The van der Waals surface area contributed by atoms with Crippen LogP contribution in [0.4, 0.5) is 0 Å². The van der Waals surface area contributed by atoms with Gasteiger partial charge in [-0.3, -0.25) is 57.7 Å². The topological polar surface area (TPSA) is 368 Å². The Morgan fingerprint density at radius 2 is 0.804 bits per heavy atom. The van der Waals surface area contributed by atoms with Gasteiger partial charge in [0.05, 0.1) is 112 Å². The first-order valence-corrected chi connectivity index (χ1v) is 48.9. The predicted molar refractivity (Wildman–Crippen MR) is 538 cm³/mol. The maximum Gasteiger partial charge on any atom is 0.328 e. The number of carboxylic acids is 1. The minimum absolute atomic E-state index is 0. The summed E-state index contributed by atoms with van der Waals surface area (Å²) in [6.07, 6.45) is 2.76. The lowest BCUT2D eigenvalue weighted by Gasteiger charge is -2.41. The summed E-state index contributed by atoms with van der Waals surface area (Å²) < 4.78 is 44.7. The van der Waals surface area contributed by atoms with Crippen LogP contribution in [-0.4, -0.2) is 280 Å². The Bertz CT molecular complexity index is 4440. The number of carbonyl (C=O) groups is 12. The number of benzene rings is 4. The van der Waals surface area contributed by atoms with Gasteiger partial charge in [-0.15, -0.1) is 0 Å². The number of carboxylic acid groups (broad SMARTS) is 1. The highest BCUT2D eigenvalue weighted by Gasteiger charge is 2.47. The van der Waals surface area contributed by atoms with E-state index in [1.54, 1.807) is 68.8 Å². The van der Waals surface area contributed by atoms with E-state index >= 15 is 0 Å². The molecule has 4 aromatic carbocycles. The molecule has 2 heterocycles. The van der Waals surface area contributed by atoms with Crippen molar-refractivity contribution in [2.75, 3.05) is 83.9 Å². The first-order chi connectivity index (χ1) is 64.3. The predicted octanol–water partition coefficient (Wildman–Crippen LogP) is 13.6. The smallest absolute Gasteiger partial charge is 0.328 e. The Kier molecular flexibility index (Phi) is 52.6. The number of Topliss-reactive ketones (excluding diaryl/α,β-unsaturated/α-hetero) is 1. The van der Waals surface area contributed by atoms with Crippen LogP contribution in [0.25, 0.3) is 0 Å². The number of amides is 6. The number of nitrogens with one attached hydrogen (secondary N) is 2. The minimum Gasteiger partial charge on any atom is -0.480 e. The summed E-state index contributed by atoms with van der Waals surface area (Å²) in [5, 5.41) is 15.1. The quantitative estimate of drug-likeness (QED) is 0.0236. The Labute approximate surface area is 825 Å². The Hall–Kier alpha value is -9.56. The van der Waals surface area contributed by atoms with E-state index in [2.05, 4.69) is 10.6 Å². The van der Waals surface area contributed by atoms with Gasteiger partial charge in [-0.2, -0.15) is 0 Å². The van der Waals surface area contributed by atoms with Crippen LogP contribution in [-0.2, 0) is 134 Å². The number of carbonyl (C=O) groups excluding carboxylic acids is 11. The molecule has 2 aliphatic rings. The van der Waals surface area contributed by atoms with Gasteiger partial charge in [0.15, 0.2) is 5.78 Å². The molecule has 2 aliphatic heterocycles. The molecule has 2 saturated heterocycles. The number of hydrogen-bond acceptors (Lipinski definition) is 23. The molecule has 776 valence electrons. The highest BCUT2D eigenvalue weighted by molar-refractivity contribution is 5.91. The highest BCUT2D eigenvalue weighted by atomic mass is 16.6. The van der Waals surface area contributed by atoms with Gasteiger partial charge in [0, 0.05) is 93.9 Å².